The Morgan fingerprint density at radius 2 is 0.577 bits per heavy atom. The number of hydrogen-bond donors (Lipinski definition) is 2. The van der Waals surface area contributed by atoms with Gasteiger partial charge in [-0.25, -0.2) is 92.8 Å². The highest BCUT2D eigenvalue weighted by atomic mass is 19.2. The highest BCUT2D eigenvalue weighted by molar-refractivity contribution is 5.95. The summed E-state index contributed by atoms with van der Waals surface area (Å²) >= 11 is 0. The van der Waals surface area contributed by atoms with Crippen molar-refractivity contribution in [2.45, 2.75) is 23.7 Å². The van der Waals surface area contributed by atoms with E-state index in [1.54, 1.807) is 0 Å². The summed E-state index contributed by atoms with van der Waals surface area (Å²) in [5, 5.41) is 0. The molecule has 2 saturated heterocycles. The summed E-state index contributed by atoms with van der Waals surface area (Å²) in [6, 6.07) is 1.45. The van der Waals surface area contributed by atoms with Gasteiger partial charge in [0, 0.05) is 44.7 Å². The van der Waals surface area contributed by atoms with Crippen molar-refractivity contribution in [3.63, 3.8) is 0 Å². The first-order valence-electron chi connectivity index (χ1n) is 23.0. The van der Waals surface area contributed by atoms with Gasteiger partial charge in [-0.2, -0.15) is 0 Å². The molecule has 2 aromatic heterocycles. The van der Waals surface area contributed by atoms with Gasteiger partial charge < -0.3 is 18.9 Å². The van der Waals surface area contributed by atoms with Gasteiger partial charge in [0.2, 0.25) is 23.3 Å². The quantitative estimate of drug-likeness (QED) is 0.0799. The number of H-pyrrole nitrogens is 2. The van der Waals surface area contributed by atoms with Crippen LogP contribution in [-0.2, 0) is 0 Å². The zero-order valence-electron chi connectivity index (χ0n) is 39.8. The molecule has 5 aliphatic rings. The fourth-order valence-electron chi connectivity index (χ4n) is 11.8. The maximum atomic E-state index is 16.8. The van der Waals surface area contributed by atoms with Crippen molar-refractivity contribution in [2.24, 2.45) is 0 Å². The van der Waals surface area contributed by atoms with E-state index < -0.39 is 230 Å². The molecule has 7 heterocycles. The highest BCUT2D eigenvalue weighted by Gasteiger charge is 2.54. The Bertz CT molecular complexity index is 3870. The number of nitrogens with one attached hydrogen (secondary N) is 2. The molecule has 0 spiro atoms. The third-order valence-electron chi connectivity index (χ3n) is 15.0. The number of hydrogen-bond acceptors (Lipinski definition) is 2. The van der Waals surface area contributed by atoms with E-state index >= 15 is 70.2 Å². The molecule has 406 valence electrons. The molecule has 11 rings (SSSR count). The van der Waals surface area contributed by atoms with Crippen molar-refractivity contribution in [3.05, 3.63) is 163 Å². The van der Waals surface area contributed by atoms with Crippen molar-refractivity contribution >= 4 is 23.2 Å². The van der Waals surface area contributed by atoms with E-state index in [-0.39, 0.29) is 35.1 Å². The zero-order valence-corrected chi connectivity index (χ0v) is 39.8. The molecule has 0 radical (unpaired) electrons. The van der Waals surface area contributed by atoms with Crippen molar-refractivity contribution in [1.29, 1.82) is 0 Å². The van der Waals surface area contributed by atoms with E-state index in [2.05, 4.69) is 19.9 Å². The fourth-order valence-corrected chi connectivity index (χ4v) is 11.8. The van der Waals surface area contributed by atoms with E-state index in [1.807, 2.05) is 0 Å². The predicted octanol–water partition coefficient (Wildman–Crippen LogP) is 13.6. The molecule has 6 nitrogen and oxygen atoms in total. The third-order valence-corrected chi connectivity index (χ3v) is 15.0. The van der Waals surface area contributed by atoms with Gasteiger partial charge in [0.25, 0.3) is 0 Å². The lowest BCUT2D eigenvalue weighted by Crippen LogP contribution is -2.37. The third kappa shape index (κ3) is 7.32. The minimum atomic E-state index is -2.70. The molecule has 78 heavy (non-hydrogen) atoms. The molecule has 4 aromatic carbocycles. The van der Waals surface area contributed by atoms with Crippen molar-refractivity contribution in [1.82, 2.24) is 19.9 Å². The Hall–Kier alpha value is -7.48. The second-order valence-corrected chi connectivity index (χ2v) is 20.6. The lowest BCUT2D eigenvalue weighted by Gasteiger charge is -2.25. The molecule has 4 unspecified atom stereocenters. The van der Waals surface area contributed by atoms with Gasteiger partial charge in [0.15, 0.2) is 93.1 Å². The average Bonchev–Trinajstić information content (AvgIpc) is 4.41. The van der Waals surface area contributed by atoms with Crippen molar-refractivity contribution < 1.29 is 96.8 Å². The van der Waals surface area contributed by atoms with Crippen LogP contribution in [0.3, 0.4) is 0 Å². The van der Waals surface area contributed by atoms with E-state index in [0.29, 0.717) is 18.2 Å². The molecule has 8 bridgehead atoms. The normalized spacial score (nSPS) is 19.5. The first-order valence-corrected chi connectivity index (χ1v) is 23.0. The lowest BCUT2D eigenvalue weighted by molar-refractivity contribution is -0.879. The van der Waals surface area contributed by atoms with Crippen LogP contribution >= 0.6 is 0 Å². The topological polar surface area (TPSA) is 57.4 Å². The Morgan fingerprint density at radius 1 is 0.308 bits per heavy atom. The second kappa shape index (κ2) is 17.5. The SMILES string of the molecule is C[N+]1(C)CC2c3nc(c(-c4c(F)c(F)c(F)c(F)c4F)c4ccc([nH]4)c(-c4c(F)c(F)c(F)c(F)c4F)c4nc(c(-c5c(F)c(F)c(F)c(F)c5F)c5[nH]c(c3-c3c(F)c(F)c(F)c(F)c3F)C3C[N+](C)(C)CC53)C=C4)C2C1. The van der Waals surface area contributed by atoms with Gasteiger partial charge in [-0.1, -0.05) is 0 Å². The summed E-state index contributed by atoms with van der Waals surface area (Å²) in [6.45, 7) is -1.13. The van der Waals surface area contributed by atoms with Gasteiger partial charge in [-0.05, 0) is 24.3 Å². The number of aromatic nitrogens is 4. The van der Waals surface area contributed by atoms with Crippen LogP contribution in [0.15, 0.2) is 12.1 Å². The largest absolute Gasteiger partial charge is 0.360 e. The summed E-state index contributed by atoms with van der Waals surface area (Å²) in [5.41, 5.74) is -18.0. The van der Waals surface area contributed by atoms with E-state index in [1.165, 1.54) is 28.2 Å². The maximum Gasteiger partial charge on any atom is 0.200 e. The maximum absolute atomic E-state index is 16.8. The molecule has 0 saturated carbocycles. The molecule has 6 aromatic rings. The Kier molecular flexibility index (Phi) is 11.8. The number of likely N-dealkylation sites (tertiary alicyclic amines) is 2. The van der Waals surface area contributed by atoms with Crippen LogP contribution < -0.4 is 0 Å². The number of nitrogens with zero attached hydrogens (tertiary/aromatic N) is 4. The van der Waals surface area contributed by atoms with Crippen LogP contribution in [0.4, 0.5) is 87.8 Å². The number of halogens is 20. The number of rotatable bonds is 4. The number of benzene rings is 4. The van der Waals surface area contributed by atoms with E-state index in [9.17, 15) is 17.6 Å². The predicted molar refractivity (Wildman–Crippen MR) is 237 cm³/mol. The smallest absolute Gasteiger partial charge is 0.200 e. The molecule has 26 heteroatoms. The van der Waals surface area contributed by atoms with Crippen LogP contribution in [0, 0.1) is 116 Å². The molecular formula is C52H30F20N6+2. The van der Waals surface area contributed by atoms with Gasteiger partial charge >= 0.3 is 0 Å². The van der Waals surface area contributed by atoms with Gasteiger partial charge in [-0.3, -0.25) is 4.98 Å². The second-order valence-electron chi connectivity index (χ2n) is 20.6. The molecule has 5 aliphatic heterocycles. The number of quaternary nitrogens is 2. The molecule has 2 N–H and O–H groups in total. The molecular weight excluding hydrogens is 1090 g/mol. The average molecular weight is 1120 g/mol. The van der Waals surface area contributed by atoms with Crippen molar-refractivity contribution in [3.8, 4) is 44.5 Å². The minimum absolute atomic E-state index is 0.220. The first-order chi connectivity index (χ1) is 36.5. The number of aromatic amines is 2. The summed E-state index contributed by atoms with van der Waals surface area (Å²) < 4.78 is 315. The van der Waals surface area contributed by atoms with E-state index in [0.717, 1.165) is 6.07 Å². The summed E-state index contributed by atoms with van der Waals surface area (Å²) in [5.74, 6) is -57.4. The number of fused-ring (bicyclic) bond motifs is 14. The summed E-state index contributed by atoms with van der Waals surface area (Å²) in [4.78, 5) is 13.9. The molecule has 0 amide bonds. The van der Waals surface area contributed by atoms with Crippen LogP contribution in [-0.4, -0.2) is 83.3 Å². The van der Waals surface area contributed by atoms with Gasteiger partial charge in [-0.15, -0.1) is 0 Å². The zero-order chi connectivity index (χ0) is 56.6. The van der Waals surface area contributed by atoms with Crippen LogP contribution in [0.5, 0.6) is 0 Å². The minimum Gasteiger partial charge on any atom is -0.360 e. The Balaban J connectivity index is 1.49. The Labute approximate surface area is 424 Å². The summed E-state index contributed by atoms with van der Waals surface area (Å²) in [7, 11) is 6.06. The monoisotopic (exact) mass is 1120 g/mol. The van der Waals surface area contributed by atoms with Crippen molar-refractivity contribution in [2.75, 3.05) is 54.4 Å². The van der Waals surface area contributed by atoms with Crippen LogP contribution in [0.1, 0.15) is 57.8 Å². The standard InChI is InChI=1S/C52H30F20N6/c1-77(2)9-13-15(11-77)51-28(27-35(59)43(67)48(72)44(68)36(27)60)52-16-12-78(3,4)10-14(16)50(76-52)23(26-33(57)41(65)47(71)42(66)34(26)58)20-8-6-18(74-20)21(24-29(53)37(61)45(69)38(62)30(24)54)17-5-7-19(73-17)22(49(13)75-51)25-31(55)39(63)46(70)40(64)32(25)56/h5-8,13-16,73,76H,9-12H2,1-4H3/q+2. The van der Waals surface area contributed by atoms with Gasteiger partial charge in [0.1, 0.15) is 0 Å². The van der Waals surface area contributed by atoms with E-state index in [4.69, 9.17) is 0 Å². The first kappa shape index (κ1) is 52.6. The molecule has 2 fully saturated rings. The van der Waals surface area contributed by atoms with Crippen LogP contribution in [0.25, 0.3) is 67.7 Å². The fraction of sp³-hybridized carbons (Fsp3) is 0.231. The van der Waals surface area contributed by atoms with Gasteiger partial charge in [0.05, 0.1) is 123 Å². The number of likely N-dealkylation sites (N-methyl/N-ethyl adjacent to an activating group) is 2. The molecule has 0 aliphatic carbocycles. The van der Waals surface area contributed by atoms with Crippen LogP contribution in [0.2, 0.25) is 0 Å². The highest BCUT2D eigenvalue weighted by Crippen LogP contribution is 2.57. The lowest BCUT2D eigenvalue weighted by atomic mass is 9.83. The molecule has 4 atom stereocenters. The summed E-state index contributed by atoms with van der Waals surface area (Å²) in [6.07, 6.45) is 1.39. The Morgan fingerprint density at radius 3 is 0.962 bits per heavy atom.